The molecule has 1 fully saturated rings. The van der Waals surface area contributed by atoms with Gasteiger partial charge in [0.1, 0.15) is 11.6 Å². The molecule has 1 saturated carbocycles. The van der Waals surface area contributed by atoms with Gasteiger partial charge in [0.15, 0.2) is 0 Å². The monoisotopic (exact) mass is 225 g/mol. The molecule has 0 saturated heterocycles. The number of hydrogen-bond acceptors (Lipinski definition) is 1. The van der Waals surface area contributed by atoms with Crippen LogP contribution in [0.2, 0.25) is 0 Å². The van der Waals surface area contributed by atoms with E-state index in [1.54, 1.807) is 0 Å². The van der Waals surface area contributed by atoms with Crippen molar-refractivity contribution in [2.24, 2.45) is 11.7 Å². The van der Waals surface area contributed by atoms with E-state index >= 15 is 0 Å². The van der Waals surface area contributed by atoms with Crippen LogP contribution < -0.4 is 5.73 Å². The maximum atomic E-state index is 13.3. The lowest BCUT2D eigenvalue weighted by Crippen LogP contribution is -2.23. The van der Waals surface area contributed by atoms with Gasteiger partial charge < -0.3 is 5.73 Å². The first kappa shape index (κ1) is 11.5. The summed E-state index contributed by atoms with van der Waals surface area (Å²) in [4.78, 5) is 0. The second-order valence-corrected chi connectivity index (χ2v) is 4.72. The molecule has 1 unspecified atom stereocenters. The van der Waals surface area contributed by atoms with Gasteiger partial charge in [0.2, 0.25) is 0 Å². The molecule has 0 aromatic heterocycles. The Balaban J connectivity index is 1.86. The molecule has 1 atom stereocenters. The maximum Gasteiger partial charge on any atom is 0.129 e. The van der Waals surface area contributed by atoms with Gasteiger partial charge in [0.25, 0.3) is 0 Å². The molecule has 0 radical (unpaired) electrons. The summed E-state index contributed by atoms with van der Waals surface area (Å²) >= 11 is 0. The molecule has 1 aliphatic rings. The predicted molar refractivity (Wildman–Crippen MR) is 60.0 cm³/mol. The van der Waals surface area contributed by atoms with Crippen molar-refractivity contribution >= 4 is 0 Å². The average Bonchev–Trinajstić information content (AvgIpc) is 3.03. The lowest BCUT2D eigenvalue weighted by Gasteiger charge is -2.11. The Kier molecular flexibility index (Phi) is 3.54. The number of nitrogens with two attached hydrogens (primary N) is 1. The van der Waals surface area contributed by atoms with Gasteiger partial charge in [-0.1, -0.05) is 18.9 Å². The molecular weight excluding hydrogens is 208 g/mol. The summed E-state index contributed by atoms with van der Waals surface area (Å²) in [7, 11) is 0. The number of halogens is 2. The van der Waals surface area contributed by atoms with Gasteiger partial charge in [-0.2, -0.15) is 0 Å². The number of rotatable bonds is 5. The van der Waals surface area contributed by atoms with Crippen molar-refractivity contribution in [1.29, 1.82) is 0 Å². The smallest absolute Gasteiger partial charge is 0.129 e. The summed E-state index contributed by atoms with van der Waals surface area (Å²) in [5.41, 5.74) is 6.45. The number of benzene rings is 1. The Bertz CT molecular complexity index is 361. The van der Waals surface area contributed by atoms with Crippen LogP contribution in [0.15, 0.2) is 18.2 Å². The Labute approximate surface area is 94.7 Å². The minimum atomic E-state index is -0.534. The summed E-state index contributed by atoms with van der Waals surface area (Å²) in [5.74, 6) is -0.168. The average molecular weight is 225 g/mol. The fraction of sp³-hybridized carbons (Fsp3) is 0.538. The second kappa shape index (κ2) is 4.91. The van der Waals surface area contributed by atoms with E-state index in [4.69, 9.17) is 5.73 Å². The highest BCUT2D eigenvalue weighted by atomic mass is 19.1. The molecule has 88 valence electrons. The molecule has 1 aromatic rings. The standard InChI is InChI=1S/C13H17F2N/c14-11-5-4-10(13(15)8-11)7-12(16)6-3-9-1-2-9/h4-5,8-9,12H,1-3,6-7,16H2. The first-order valence-electron chi connectivity index (χ1n) is 5.84. The molecule has 1 aliphatic carbocycles. The molecule has 0 amide bonds. The van der Waals surface area contributed by atoms with Gasteiger partial charge in [-0.15, -0.1) is 0 Å². The molecule has 16 heavy (non-hydrogen) atoms. The Morgan fingerprint density at radius 3 is 2.69 bits per heavy atom. The Morgan fingerprint density at radius 2 is 2.06 bits per heavy atom. The SMILES string of the molecule is NC(CCC1CC1)Cc1ccc(F)cc1F. The zero-order valence-corrected chi connectivity index (χ0v) is 9.26. The predicted octanol–water partition coefficient (Wildman–Crippen LogP) is 3.02. The molecular formula is C13H17F2N. The summed E-state index contributed by atoms with van der Waals surface area (Å²) in [5, 5.41) is 0. The second-order valence-electron chi connectivity index (χ2n) is 4.72. The molecule has 0 aliphatic heterocycles. The van der Waals surface area contributed by atoms with Crippen LogP contribution in [0.4, 0.5) is 8.78 Å². The lowest BCUT2D eigenvalue weighted by molar-refractivity contribution is 0.526. The Morgan fingerprint density at radius 1 is 1.31 bits per heavy atom. The van der Waals surface area contributed by atoms with E-state index in [0.29, 0.717) is 12.0 Å². The summed E-state index contributed by atoms with van der Waals surface area (Å²) in [6, 6.07) is 3.68. The van der Waals surface area contributed by atoms with E-state index in [9.17, 15) is 8.78 Å². The van der Waals surface area contributed by atoms with Gasteiger partial charge in [0.05, 0.1) is 0 Å². The fourth-order valence-corrected chi connectivity index (χ4v) is 1.93. The van der Waals surface area contributed by atoms with Crippen LogP contribution >= 0.6 is 0 Å². The minimum absolute atomic E-state index is 0.0134. The van der Waals surface area contributed by atoms with Gasteiger partial charge in [-0.3, -0.25) is 0 Å². The van der Waals surface area contributed by atoms with E-state index in [-0.39, 0.29) is 6.04 Å². The van der Waals surface area contributed by atoms with Crippen molar-refractivity contribution in [3.8, 4) is 0 Å². The van der Waals surface area contributed by atoms with Crippen molar-refractivity contribution in [3.63, 3.8) is 0 Å². The van der Waals surface area contributed by atoms with Gasteiger partial charge in [-0.05, 0) is 36.8 Å². The van der Waals surface area contributed by atoms with E-state index < -0.39 is 11.6 Å². The largest absolute Gasteiger partial charge is 0.327 e. The molecule has 1 aromatic carbocycles. The molecule has 2 rings (SSSR count). The van der Waals surface area contributed by atoms with Gasteiger partial charge in [-0.25, -0.2) is 8.78 Å². The molecule has 0 bridgehead atoms. The van der Waals surface area contributed by atoms with Crippen LogP contribution in [0.5, 0.6) is 0 Å². The van der Waals surface area contributed by atoms with E-state index in [1.165, 1.54) is 25.0 Å². The van der Waals surface area contributed by atoms with Crippen LogP contribution in [0.25, 0.3) is 0 Å². The van der Waals surface area contributed by atoms with Crippen LogP contribution in [0.3, 0.4) is 0 Å². The first-order chi connectivity index (χ1) is 7.65. The Hall–Kier alpha value is -0.960. The quantitative estimate of drug-likeness (QED) is 0.819. The molecule has 2 N–H and O–H groups in total. The highest BCUT2D eigenvalue weighted by molar-refractivity contribution is 5.19. The lowest BCUT2D eigenvalue weighted by atomic mass is 10.0. The van der Waals surface area contributed by atoms with Crippen molar-refractivity contribution in [1.82, 2.24) is 0 Å². The van der Waals surface area contributed by atoms with Crippen molar-refractivity contribution in [2.75, 3.05) is 0 Å². The third kappa shape index (κ3) is 3.27. The maximum absolute atomic E-state index is 13.3. The first-order valence-corrected chi connectivity index (χ1v) is 5.84. The topological polar surface area (TPSA) is 26.0 Å². The van der Waals surface area contributed by atoms with Crippen LogP contribution in [-0.4, -0.2) is 6.04 Å². The normalized spacial score (nSPS) is 17.4. The molecule has 0 heterocycles. The van der Waals surface area contributed by atoms with Crippen LogP contribution in [0.1, 0.15) is 31.2 Å². The zero-order chi connectivity index (χ0) is 11.5. The summed E-state index contributed by atoms with van der Waals surface area (Å²) in [6.07, 6.45) is 5.21. The van der Waals surface area contributed by atoms with Crippen molar-refractivity contribution in [2.45, 2.75) is 38.1 Å². The molecule has 0 spiro atoms. The van der Waals surface area contributed by atoms with E-state index in [1.807, 2.05) is 0 Å². The molecule has 1 nitrogen and oxygen atoms in total. The molecule has 3 heteroatoms. The third-order valence-corrected chi connectivity index (χ3v) is 3.14. The van der Waals surface area contributed by atoms with E-state index in [2.05, 4.69) is 0 Å². The third-order valence-electron chi connectivity index (χ3n) is 3.14. The van der Waals surface area contributed by atoms with Crippen LogP contribution in [0, 0.1) is 17.6 Å². The summed E-state index contributed by atoms with van der Waals surface area (Å²) in [6.45, 7) is 0. The van der Waals surface area contributed by atoms with Crippen molar-refractivity contribution < 1.29 is 8.78 Å². The van der Waals surface area contributed by atoms with Gasteiger partial charge >= 0.3 is 0 Å². The minimum Gasteiger partial charge on any atom is -0.327 e. The van der Waals surface area contributed by atoms with Gasteiger partial charge in [0, 0.05) is 12.1 Å². The fourth-order valence-electron chi connectivity index (χ4n) is 1.93. The summed E-state index contributed by atoms with van der Waals surface area (Å²) < 4.78 is 26.0. The highest BCUT2D eigenvalue weighted by Crippen LogP contribution is 2.33. The van der Waals surface area contributed by atoms with Crippen LogP contribution in [-0.2, 0) is 6.42 Å². The highest BCUT2D eigenvalue weighted by Gasteiger charge is 2.21. The number of hydrogen-bond donors (Lipinski definition) is 1. The zero-order valence-electron chi connectivity index (χ0n) is 9.26. The van der Waals surface area contributed by atoms with Crippen molar-refractivity contribution in [3.05, 3.63) is 35.4 Å². The van der Waals surface area contributed by atoms with E-state index in [0.717, 1.165) is 24.8 Å².